The average molecular weight is 370 g/mol. The van der Waals surface area contributed by atoms with E-state index in [9.17, 15) is 9.90 Å². The number of rotatable bonds is 5. The lowest BCUT2D eigenvalue weighted by Crippen LogP contribution is -2.50. The summed E-state index contributed by atoms with van der Waals surface area (Å²) >= 11 is 0. The van der Waals surface area contributed by atoms with Gasteiger partial charge in [0.1, 0.15) is 0 Å². The molecule has 1 N–H and O–H groups in total. The number of aliphatic hydroxyl groups is 1. The van der Waals surface area contributed by atoms with Gasteiger partial charge in [0, 0.05) is 25.2 Å². The maximum absolute atomic E-state index is 12.9. The molecule has 2 saturated heterocycles. The molecule has 3 heterocycles. The van der Waals surface area contributed by atoms with Crippen LogP contribution in [0.3, 0.4) is 0 Å². The number of piperidine rings is 1. The Balaban J connectivity index is 1.41. The van der Waals surface area contributed by atoms with E-state index >= 15 is 0 Å². The second-order valence-electron chi connectivity index (χ2n) is 7.74. The van der Waals surface area contributed by atoms with Crippen LogP contribution in [-0.4, -0.2) is 63.7 Å². The SMILES string of the molecule is Cc1ccc(-c2nc(CN3CC[C@@]4(CCCN(CCO)C4=O)C3)no2)cc1. The standard InChI is InChI=1S/C20H26N4O3/c1-15-3-5-16(6-4-15)18-21-17(22-27-18)13-23-10-8-20(14-23)7-2-9-24(11-12-25)19(20)26/h3-6,25H,2,7-14H2,1H3/t20-/m0/s1. The van der Waals surface area contributed by atoms with Gasteiger partial charge in [0.25, 0.3) is 5.89 Å². The molecule has 1 amide bonds. The molecule has 0 radical (unpaired) electrons. The number of hydrogen-bond donors (Lipinski definition) is 1. The number of benzene rings is 1. The van der Waals surface area contributed by atoms with Gasteiger partial charge < -0.3 is 14.5 Å². The molecule has 2 aliphatic heterocycles. The van der Waals surface area contributed by atoms with Gasteiger partial charge in [-0.1, -0.05) is 22.9 Å². The van der Waals surface area contributed by atoms with Crippen LogP contribution >= 0.6 is 0 Å². The number of likely N-dealkylation sites (tertiary alicyclic amines) is 2. The molecule has 0 bridgehead atoms. The molecule has 1 spiro atoms. The Morgan fingerprint density at radius 3 is 2.81 bits per heavy atom. The van der Waals surface area contributed by atoms with Crippen molar-refractivity contribution < 1.29 is 14.4 Å². The first-order valence-corrected chi connectivity index (χ1v) is 9.62. The Morgan fingerprint density at radius 1 is 1.22 bits per heavy atom. The van der Waals surface area contributed by atoms with Gasteiger partial charge in [0.05, 0.1) is 18.6 Å². The highest BCUT2D eigenvalue weighted by atomic mass is 16.5. The van der Waals surface area contributed by atoms with Crippen molar-refractivity contribution in [2.24, 2.45) is 5.41 Å². The number of carbonyl (C=O) groups excluding carboxylic acids is 1. The van der Waals surface area contributed by atoms with Gasteiger partial charge in [0.15, 0.2) is 5.82 Å². The van der Waals surface area contributed by atoms with Gasteiger partial charge in [-0.3, -0.25) is 9.69 Å². The lowest BCUT2D eigenvalue weighted by atomic mass is 9.78. The second kappa shape index (κ2) is 7.40. The van der Waals surface area contributed by atoms with Crippen LogP contribution in [0.5, 0.6) is 0 Å². The van der Waals surface area contributed by atoms with Crippen LogP contribution in [0, 0.1) is 12.3 Å². The molecule has 1 aromatic carbocycles. The molecular formula is C20H26N4O3. The second-order valence-corrected chi connectivity index (χ2v) is 7.74. The minimum Gasteiger partial charge on any atom is -0.395 e. The molecule has 7 nitrogen and oxygen atoms in total. The molecule has 1 aromatic heterocycles. The van der Waals surface area contributed by atoms with Gasteiger partial charge in [-0.15, -0.1) is 0 Å². The Labute approximate surface area is 159 Å². The molecule has 1 atom stereocenters. The van der Waals surface area contributed by atoms with Gasteiger partial charge in [-0.2, -0.15) is 4.98 Å². The summed E-state index contributed by atoms with van der Waals surface area (Å²) in [5.74, 6) is 1.37. The summed E-state index contributed by atoms with van der Waals surface area (Å²) in [6.07, 6.45) is 2.78. The third kappa shape index (κ3) is 3.61. The van der Waals surface area contributed by atoms with Crippen molar-refractivity contribution in [1.29, 1.82) is 0 Å². The van der Waals surface area contributed by atoms with Gasteiger partial charge in [-0.25, -0.2) is 0 Å². The van der Waals surface area contributed by atoms with Crippen LogP contribution in [0.4, 0.5) is 0 Å². The summed E-state index contributed by atoms with van der Waals surface area (Å²) in [6, 6.07) is 8.01. The van der Waals surface area contributed by atoms with Crippen molar-refractivity contribution >= 4 is 5.91 Å². The lowest BCUT2D eigenvalue weighted by molar-refractivity contribution is -0.146. The van der Waals surface area contributed by atoms with Crippen LogP contribution in [0.15, 0.2) is 28.8 Å². The van der Waals surface area contributed by atoms with Crippen molar-refractivity contribution in [3.8, 4) is 11.5 Å². The fourth-order valence-electron chi connectivity index (χ4n) is 4.29. The Bertz CT molecular complexity index is 802. The molecule has 2 fully saturated rings. The molecular weight excluding hydrogens is 344 g/mol. The van der Waals surface area contributed by atoms with E-state index in [4.69, 9.17) is 4.52 Å². The highest BCUT2D eigenvalue weighted by Gasteiger charge is 2.48. The van der Waals surface area contributed by atoms with Gasteiger partial charge >= 0.3 is 0 Å². The molecule has 2 aliphatic rings. The highest BCUT2D eigenvalue weighted by Crippen LogP contribution is 2.40. The Hall–Kier alpha value is -2.25. The van der Waals surface area contributed by atoms with Crippen molar-refractivity contribution in [2.45, 2.75) is 32.7 Å². The number of hydrogen-bond acceptors (Lipinski definition) is 6. The van der Waals surface area contributed by atoms with Crippen LogP contribution in [-0.2, 0) is 11.3 Å². The van der Waals surface area contributed by atoms with E-state index < -0.39 is 0 Å². The van der Waals surface area contributed by atoms with Crippen molar-refractivity contribution in [1.82, 2.24) is 19.9 Å². The molecule has 7 heteroatoms. The van der Waals surface area contributed by atoms with E-state index in [0.29, 0.717) is 24.8 Å². The fraction of sp³-hybridized carbons (Fsp3) is 0.550. The molecule has 27 heavy (non-hydrogen) atoms. The zero-order chi connectivity index (χ0) is 18.9. The van der Waals surface area contributed by atoms with E-state index in [1.54, 1.807) is 0 Å². The zero-order valence-corrected chi connectivity index (χ0v) is 15.7. The maximum atomic E-state index is 12.9. The molecule has 0 saturated carbocycles. The predicted molar refractivity (Wildman–Crippen MR) is 99.7 cm³/mol. The fourth-order valence-corrected chi connectivity index (χ4v) is 4.29. The topological polar surface area (TPSA) is 82.7 Å². The first-order valence-electron chi connectivity index (χ1n) is 9.62. The number of β-amino-alcohol motifs (C(OH)–C–C–N with tert-alkyl or cyclic N) is 1. The number of aliphatic hydroxyl groups excluding tert-OH is 1. The summed E-state index contributed by atoms with van der Waals surface area (Å²) in [5, 5.41) is 13.3. The average Bonchev–Trinajstić information content (AvgIpc) is 3.29. The number of aryl methyl sites for hydroxylation is 1. The van der Waals surface area contributed by atoms with E-state index in [2.05, 4.69) is 15.0 Å². The van der Waals surface area contributed by atoms with Crippen LogP contribution in [0.2, 0.25) is 0 Å². The third-order valence-electron chi connectivity index (χ3n) is 5.76. The van der Waals surface area contributed by atoms with Crippen LogP contribution in [0.1, 0.15) is 30.7 Å². The predicted octanol–water partition coefficient (Wildman–Crippen LogP) is 1.85. The minimum atomic E-state index is -0.309. The van der Waals surface area contributed by atoms with Gasteiger partial charge in [-0.05, 0) is 44.9 Å². The third-order valence-corrected chi connectivity index (χ3v) is 5.76. The largest absolute Gasteiger partial charge is 0.395 e. The number of carbonyl (C=O) groups is 1. The van der Waals surface area contributed by atoms with E-state index in [1.165, 1.54) is 5.56 Å². The molecule has 0 unspecified atom stereocenters. The highest BCUT2D eigenvalue weighted by molar-refractivity contribution is 5.84. The quantitative estimate of drug-likeness (QED) is 0.865. The zero-order valence-electron chi connectivity index (χ0n) is 15.7. The first kappa shape index (κ1) is 18.1. The molecule has 2 aromatic rings. The Morgan fingerprint density at radius 2 is 2.04 bits per heavy atom. The summed E-state index contributed by atoms with van der Waals surface area (Å²) in [5.41, 5.74) is 1.80. The maximum Gasteiger partial charge on any atom is 0.257 e. The number of nitrogens with zero attached hydrogens (tertiary/aromatic N) is 4. The summed E-state index contributed by atoms with van der Waals surface area (Å²) in [4.78, 5) is 21.5. The van der Waals surface area contributed by atoms with Crippen LogP contribution in [0.25, 0.3) is 11.5 Å². The summed E-state index contributed by atoms with van der Waals surface area (Å²) in [6.45, 7) is 5.42. The monoisotopic (exact) mass is 370 g/mol. The summed E-state index contributed by atoms with van der Waals surface area (Å²) in [7, 11) is 0. The number of aromatic nitrogens is 2. The van der Waals surface area contributed by atoms with Crippen molar-refractivity contribution in [3.05, 3.63) is 35.7 Å². The smallest absolute Gasteiger partial charge is 0.257 e. The van der Waals surface area contributed by atoms with E-state index in [-0.39, 0.29) is 17.9 Å². The van der Waals surface area contributed by atoms with Crippen LogP contribution < -0.4 is 0 Å². The summed E-state index contributed by atoms with van der Waals surface area (Å²) < 4.78 is 5.42. The van der Waals surface area contributed by atoms with E-state index in [0.717, 1.165) is 44.5 Å². The number of amides is 1. The Kier molecular flexibility index (Phi) is 4.97. The molecule has 144 valence electrons. The normalized spacial score (nSPS) is 23.5. The first-order chi connectivity index (χ1) is 13.1. The van der Waals surface area contributed by atoms with Crippen molar-refractivity contribution in [2.75, 3.05) is 32.8 Å². The molecule has 0 aliphatic carbocycles. The molecule has 4 rings (SSSR count). The minimum absolute atomic E-state index is 0.0240. The van der Waals surface area contributed by atoms with Crippen molar-refractivity contribution in [3.63, 3.8) is 0 Å². The lowest BCUT2D eigenvalue weighted by Gasteiger charge is -2.39. The van der Waals surface area contributed by atoms with E-state index in [1.807, 2.05) is 36.1 Å². The van der Waals surface area contributed by atoms with Gasteiger partial charge in [0.2, 0.25) is 5.91 Å².